The lowest BCUT2D eigenvalue weighted by Crippen LogP contribution is -1.64. The molecule has 0 spiro atoms. The highest BCUT2D eigenvalue weighted by Gasteiger charge is 1.89. The van der Waals surface area contributed by atoms with Gasteiger partial charge in [0.25, 0.3) is 0 Å². The maximum atomic E-state index is 5.64. The van der Waals surface area contributed by atoms with Crippen molar-refractivity contribution in [3.05, 3.63) is 29.3 Å². The van der Waals surface area contributed by atoms with E-state index in [0.29, 0.717) is 5.02 Å². The van der Waals surface area contributed by atoms with Crippen molar-refractivity contribution in [1.82, 2.24) is 0 Å². The van der Waals surface area contributed by atoms with Gasteiger partial charge in [0.1, 0.15) is 0 Å². The minimum Gasteiger partial charge on any atom is -0.198 e. The van der Waals surface area contributed by atoms with E-state index in [2.05, 4.69) is 4.36 Å². The standard InChI is InChI=1S/C6H4Cl3NS/c7-5-1-3-6(4-2-5)10-11(8)9/h1-4H. The Bertz CT molecular complexity index is 266. The molecule has 0 amide bonds. The zero-order chi connectivity index (χ0) is 8.27. The van der Waals surface area contributed by atoms with E-state index in [9.17, 15) is 0 Å². The molecule has 0 saturated carbocycles. The van der Waals surface area contributed by atoms with E-state index in [1.807, 2.05) is 0 Å². The van der Waals surface area contributed by atoms with Crippen molar-refractivity contribution < 1.29 is 0 Å². The molecule has 0 N–H and O–H groups in total. The molecule has 0 unspecified atom stereocenters. The molecule has 0 bridgehead atoms. The van der Waals surface area contributed by atoms with Crippen LogP contribution >= 0.6 is 33.0 Å². The van der Waals surface area contributed by atoms with Gasteiger partial charge in [0.2, 0.25) is 0 Å². The Morgan fingerprint density at radius 3 is 2.09 bits per heavy atom. The van der Waals surface area contributed by atoms with Gasteiger partial charge in [-0.2, -0.15) is 4.36 Å². The first-order valence-corrected chi connectivity index (χ1v) is 5.94. The maximum absolute atomic E-state index is 5.64. The largest absolute Gasteiger partial charge is 0.198 e. The van der Waals surface area contributed by atoms with Crippen molar-refractivity contribution in [3.8, 4) is 0 Å². The molecule has 0 fully saturated rings. The summed E-state index contributed by atoms with van der Waals surface area (Å²) in [6.45, 7) is 0. The van der Waals surface area contributed by atoms with E-state index in [4.69, 9.17) is 33.0 Å². The second-order valence-electron chi connectivity index (χ2n) is 1.76. The molecule has 0 aliphatic rings. The summed E-state index contributed by atoms with van der Waals surface area (Å²) in [5.41, 5.74) is 0.739. The maximum Gasteiger partial charge on any atom is 0.0919 e. The minimum atomic E-state index is -0.947. The van der Waals surface area contributed by atoms with Crippen LogP contribution in [0, 0.1) is 0 Å². The van der Waals surface area contributed by atoms with Crippen molar-refractivity contribution >= 4 is 47.8 Å². The molecule has 0 aliphatic carbocycles. The van der Waals surface area contributed by atoms with Gasteiger partial charge in [0.05, 0.1) is 14.8 Å². The van der Waals surface area contributed by atoms with E-state index >= 15 is 0 Å². The third-order valence-corrected chi connectivity index (χ3v) is 2.02. The number of nitrogens with zero attached hydrogens (tertiary/aromatic N) is 1. The highest BCUT2D eigenvalue weighted by Crippen LogP contribution is 2.19. The topological polar surface area (TPSA) is 12.4 Å². The summed E-state index contributed by atoms with van der Waals surface area (Å²) >= 11 is 5.64. The predicted molar refractivity (Wildman–Crippen MR) is 52.6 cm³/mol. The van der Waals surface area contributed by atoms with Crippen LogP contribution in [0.1, 0.15) is 0 Å². The van der Waals surface area contributed by atoms with Gasteiger partial charge in [-0.15, -0.1) is 0 Å². The molecule has 0 heterocycles. The molecule has 1 rings (SSSR count). The van der Waals surface area contributed by atoms with Gasteiger partial charge >= 0.3 is 0 Å². The number of benzene rings is 1. The summed E-state index contributed by atoms with van der Waals surface area (Å²) in [5.74, 6) is 0. The normalized spacial score (nSPS) is 10.2. The molecule has 60 valence electrons. The van der Waals surface area contributed by atoms with Gasteiger partial charge in [-0.05, 0) is 45.6 Å². The summed E-state index contributed by atoms with van der Waals surface area (Å²) in [4.78, 5) is 0. The molecular weight excluding hydrogens is 224 g/mol. The van der Waals surface area contributed by atoms with Gasteiger partial charge in [-0.1, -0.05) is 11.6 Å². The number of halogens is 3. The summed E-state index contributed by atoms with van der Waals surface area (Å²) in [5, 5.41) is 0.674. The minimum absolute atomic E-state index is 0.674. The molecule has 1 nitrogen and oxygen atoms in total. The molecule has 0 aliphatic heterocycles. The lowest BCUT2D eigenvalue weighted by atomic mass is 10.3. The molecule has 5 heteroatoms. The fourth-order valence-corrected chi connectivity index (χ4v) is 1.47. The van der Waals surface area contributed by atoms with Crippen LogP contribution in [-0.4, -0.2) is 0 Å². The second-order valence-corrected chi connectivity index (χ2v) is 5.00. The predicted octanol–water partition coefficient (Wildman–Crippen LogP) is 4.08. The smallest absolute Gasteiger partial charge is 0.0919 e. The summed E-state index contributed by atoms with van der Waals surface area (Å²) in [7, 11) is 9.94. The van der Waals surface area contributed by atoms with Crippen LogP contribution in [0.15, 0.2) is 28.6 Å². The van der Waals surface area contributed by atoms with Crippen molar-refractivity contribution in [2.45, 2.75) is 0 Å². The zero-order valence-electron chi connectivity index (χ0n) is 5.30. The Hall–Kier alpha value is 0.240. The SMILES string of the molecule is Clc1ccc(N=S(Cl)Cl)cc1. The Balaban J connectivity index is 2.91. The number of hydrogen-bond acceptors (Lipinski definition) is 1. The monoisotopic (exact) mass is 227 g/mol. The average molecular weight is 229 g/mol. The summed E-state index contributed by atoms with van der Waals surface area (Å²) < 4.78 is 3.90. The number of hydrogen-bond donors (Lipinski definition) is 0. The lowest BCUT2D eigenvalue weighted by Gasteiger charge is -1.91. The molecule has 0 atom stereocenters. The van der Waals surface area contributed by atoms with Gasteiger partial charge in [-0.3, -0.25) is 0 Å². The van der Waals surface area contributed by atoms with E-state index in [1.54, 1.807) is 24.3 Å². The first kappa shape index (κ1) is 9.33. The van der Waals surface area contributed by atoms with Crippen LogP contribution in [0.3, 0.4) is 0 Å². The molecule has 0 radical (unpaired) electrons. The van der Waals surface area contributed by atoms with E-state index in [1.165, 1.54) is 0 Å². The molecule has 1 aromatic rings. The van der Waals surface area contributed by atoms with E-state index in [-0.39, 0.29) is 0 Å². The average Bonchev–Trinajstić information content (AvgIpc) is 1.93. The molecule has 1 aromatic carbocycles. The van der Waals surface area contributed by atoms with Crippen LogP contribution in [0.2, 0.25) is 5.02 Å². The first-order valence-electron chi connectivity index (χ1n) is 2.73. The Labute approximate surface area is 81.4 Å². The quantitative estimate of drug-likeness (QED) is 0.687. The van der Waals surface area contributed by atoms with Crippen molar-refractivity contribution in [3.63, 3.8) is 0 Å². The Morgan fingerprint density at radius 2 is 1.64 bits per heavy atom. The molecule has 0 saturated heterocycles. The van der Waals surface area contributed by atoms with Crippen molar-refractivity contribution in [2.75, 3.05) is 0 Å². The van der Waals surface area contributed by atoms with Crippen LogP contribution in [0.4, 0.5) is 5.69 Å². The van der Waals surface area contributed by atoms with Crippen molar-refractivity contribution in [2.24, 2.45) is 4.36 Å². The third kappa shape index (κ3) is 3.43. The first-order chi connectivity index (χ1) is 5.18. The summed E-state index contributed by atoms with van der Waals surface area (Å²) in [6, 6.07) is 6.99. The Morgan fingerprint density at radius 1 is 1.09 bits per heavy atom. The van der Waals surface area contributed by atoms with Gasteiger partial charge in [-0.25, -0.2) is 0 Å². The van der Waals surface area contributed by atoms with Crippen LogP contribution in [-0.2, 0) is 9.12 Å². The fraction of sp³-hybridized carbons (Fsp3) is 0. The van der Waals surface area contributed by atoms with E-state index < -0.39 is 9.12 Å². The zero-order valence-corrected chi connectivity index (χ0v) is 8.38. The number of rotatable bonds is 1. The van der Waals surface area contributed by atoms with Gasteiger partial charge in [0, 0.05) is 5.02 Å². The molecular formula is C6H4Cl3NS. The Kier molecular flexibility index (Phi) is 3.66. The van der Waals surface area contributed by atoms with Gasteiger partial charge in [0.15, 0.2) is 0 Å². The molecule has 11 heavy (non-hydrogen) atoms. The van der Waals surface area contributed by atoms with Crippen LogP contribution < -0.4 is 0 Å². The van der Waals surface area contributed by atoms with Crippen LogP contribution in [0.25, 0.3) is 0 Å². The highest BCUT2D eigenvalue weighted by atomic mass is 36.0. The second kappa shape index (κ2) is 4.31. The highest BCUT2D eigenvalue weighted by molar-refractivity contribution is 8.28. The third-order valence-electron chi connectivity index (χ3n) is 1.00. The molecule has 0 aromatic heterocycles. The van der Waals surface area contributed by atoms with Gasteiger partial charge < -0.3 is 0 Å². The van der Waals surface area contributed by atoms with Crippen LogP contribution in [0.5, 0.6) is 0 Å². The van der Waals surface area contributed by atoms with Crippen molar-refractivity contribution in [1.29, 1.82) is 0 Å². The fourth-order valence-electron chi connectivity index (χ4n) is 0.582. The lowest BCUT2D eigenvalue weighted by molar-refractivity contribution is 1.57. The van der Waals surface area contributed by atoms with E-state index in [0.717, 1.165) is 5.69 Å². The summed E-state index contributed by atoms with van der Waals surface area (Å²) in [6.07, 6.45) is 0.